The summed E-state index contributed by atoms with van der Waals surface area (Å²) in [6, 6.07) is 5.29. The zero-order valence-electron chi connectivity index (χ0n) is 10.5. The minimum Gasteiger partial charge on any atom is -0.399 e. The molecule has 1 atom stereocenters. The van der Waals surface area contributed by atoms with Gasteiger partial charge in [0.25, 0.3) is 0 Å². The molecule has 6 heteroatoms. The fourth-order valence-corrected chi connectivity index (χ4v) is 3.35. The van der Waals surface area contributed by atoms with Gasteiger partial charge in [0, 0.05) is 18.3 Å². The highest BCUT2D eigenvalue weighted by atomic mass is 32.2. The summed E-state index contributed by atoms with van der Waals surface area (Å²) in [5.74, 6) is 0. The van der Waals surface area contributed by atoms with Crippen LogP contribution in [0.3, 0.4) is 0 Å². The number of hydrogen-bond acceptors (Lipinski definition) is 4. The van der Waals surface area contributed by atoms with E-state index in [0.717, 1.165) is 25.8 Å². The quantitative estimate of drug-likeness (QED) is 0.809. The molecule has 1 fully saturated rings. The molecule has 1 aliphatic rings. The molecule has 0 spiro atoms. The Morgan fingerprint density at radius 2 is 2.17 bits per heavy atom. The van der Waals surface area contributed by atoms with E-state index in [1.54, 1.807) is 12.1 Å². The third kappa shape index (κ3) is 2.44. The van der Waals surface area contributed by atoms with Gasteiger partial charge in [-0.05, 0) is 37.5 Å². The van der Waals surface area contributed by atoms with Crippen LogP contribution in [0.4, 0.5) is 11.4 Å². The van der Waals surface area contributed by atoms with Gasteiger partial charge < -0.3 is 10.6 Å². The van der Waals surface area contributed by atoms with Crippen molar-refractivity contribution in [1.82, 2.24) is 0 Å². The van der Waals surface area contributed by atoms with Gasteiger partial charge in [-0.1, -0.05) is 6.92 Å². The molecule has 100 valence electrons. The van der Waals surface area contributed by atoms with Crippen LogP contribution < -0.4 is 15.8 Å². The third-order valence-electron chi connectivity index (χ3n) is 3.45. The topological polar surface area (TPSA) is 89.4 Å². The van der Waals surface area contributed by atoms with Gasteiger partial charge in [-0.2, -0.15) is 0 Å². The number of nitrogen functional groups attached to an aromatic ring is 1. The number of rotatable bonds is 3. The molecule has 2 rings (SSSR count). The van der Waals surface area contributed by atoms with Crippen LogP contribution in [0.25, 0.3) is 0 Å². The summed E-state index contributed by atoms with van der Waals surface area (Å²) < 4.78 is 23.3. The van der Waals surface area contributed by atoms with Gasteiger partial charge in [-0.15, -0.1) is 0 Å². The van der Waals surface area contributed by atoms with Gasteiger partial charge in [0.1, 0.15) is 4.90 Å². The molecule has 0 aliphatic carbocycles. The number of nitrogens with zero attached hydrogens (tertiary/aromatic N) is 1. The van der Waals surface area contributed by atoms with Crippen molar-refractivity contribution in [2.75, 3.05) is 17.2 Å². The summed E-state index contributed by atoms with van der Waals surface area (Å²) >= 11 is 0. The molecule has 4 N–H and O–H groups in total. The Labute approximate surface area is 108 Å². The lowest BCUT2D eigenvalue weighted by Gasteiger charge is -2.27. The van der Waals surface area contributed by atoms with Gasteiger partial charge in [0.2, 0.25) is 10.0 Å². The maximum Gasteiger partial charge on any atom is 0.240 e. The first-order valence-electron chi connectivity index (χ1n) is 6.12. The molecule has 0 bridgehead atoms. The van der Waals surface area contributed by atoms with Crippen molar-refractivity contribution in [3.8, 4) is 0 Å². The summed E-state index contributed by atoms with van der Waals surface area (Å²) in [7, 11) is -3.75. The van der Waals surface area contributed by atoms with E-state index in [9.17, 15) is 8.42 Å². The van der Waals surface area contributed by atoms with Gasteiger partial charge in [0.05, 0.1) is 5.69 Å². The molecule has 1 saturated heterocycles. The number of anilines is 2. The van der Waals surface area contributed by atoms with Crippen molar-refractivity contribution in [2.45, 2.75) is 37.1 Å². The largest absolute Gasteiger partial charge is 0.399 e. The molecule has 1 unspecified atom stereocenters. The van der Waals surface area contributed by atoms with Crippen LogP contribution >= 0.6 is 0 Å². The predicted molar refractivity (Wildman–Crippen MR) is 72.9 cm³/mol. The van der Waals surface area contributed by atoms with E-state index in [1.807, 2.05) is 0 Å². The van der Waals surface area contributed by atoms with Gasteiger partial charge >= 0.3 is 0 Å². The van der Waals surface area contributed by atoms with Crippen molar-refractivity contribution < 1.29 is 8.42 Å². The van der Waals surface area contributed by atoms with Gasteiger partial charge in [-0.3, -0.25) is 0 Å². The molecule has 5 nitrogen and oxygen atoms in total. The van der Waals surface area contributed by atoms with E-state index in [0.29, 0.717) is 17.4 Å². The molecular weight excluding hydrogens is 250 g/mol. The molecule has 1 aromatic rings. The highest BCUT2D eigenvalue weighted by molar-refractivity contribution is 7.89. The summed E-state index contributed by atoms with van der Waals surface area (Å²) in [4.78, 5) is 2.25. The first-order chi connectivity index (χ1) is 8.43. The third-order valence-corrected chi connectivity index (χ3v) is 4.39. The predicted octanol–water partition coefficient (Wildman–Crippen LogP) is 1.30. The Hall–Kier alpha value is -1.27. The molecule has 1 aliphatic heterocycles. The molecule has 18 heavy (non-hydrogen) atoms. The Morgan fingerprint density at radius 3 is 2.78 bits per heavy atom. The fraction of sp³-hybridized carbons (Fsp3) is 0.500. The zero-order chi connectivity index (χ0) is 13.3. The summed E-state index contributed by atoms with van der Waals surface area (Å²) in [5.41, 5.74) is 6.74. The van der Waals surface area contributed by atoms with Crippen LogP contribution in [0, 0.1) is 0 Å². The standard InChI is InChI=1S/C12H19N3O2S/c1-2-10-4-3-7-15(10)11-6-5-9(13)8-12(11)18(14,16)17/h5-6,8,10H,2-4,7,13H2,1H3,(H2,14,16,17). The smallest absolute Gasteiger partial charge is 0.240 e. The second-order valence-corrected chi connectivity index (χ2v) is 6.20. The van der Waals surface area contributed by atoms with Crippen LogP contribution in [0.1, 0.15) is 26.2 Å². The van der Waals surface area contributed by atoms with E-state index in [4.69, 9.17) is 10.9 Å². The Bertz CT molecular complexity index is 542. The molecular formula is C12H19N3O2S. The minimum absolute atomic E-state index is 0.128. The molecule has 0 amide bonds. The Morgan fingerprint density at radius 1 is 1.44 bits per heavy atom. The van der Waals surface area contributed by atoms with Crippen molar-refractivity contribution in [1.29, 1.82) is 0 Å². The van der Waals surface area contributed by atoms with E-state index in [-0.39, 0.29) is 4.90 Å². The van der Waals surface area contributed by atoms with E-state index in [1.165, 1.54) is 6.07 Å². The van der Waals surface area contributed by atoms with Gasteiger partial charge in [0.15, 0.2) is 0 Å². The lowest BCUT2D eigenvalue weighted by Crippen LogP contribution is -2.30. The number of nitrogens with two attached hydrogens (primary N) is 2. The highest BCUT2D eigenvalue weighted by Crippen LogP contribution is 2.33. The number of sulfonamides is 1. The maximum absolute atomic E-state index is 11.7. The normalized spacial score (nSPS) is 20.3. The molecule has 0 saturated carbocycles. The first kappa shape index (κ1) is 13.2. The van der Waals surface area contributed by atoms with E-state index < -0.39 is 10.0 Å². The van der Waals surface area contributed by atoms with Crippen LogP contribution in [0.15, 0.2) is 23.1 Å². The Balaban J connectivity index is 2.51. The maximum atomic E-state index is 11.7. The highest BCUT2D eigenvalue weighted by Gasteiger charge is 2.27. The lowest BCUT2D eigenvalue weighted by atomic mass is 10.1. The molecule has 1 aromatic carbocycles. The average Bonchev–Trinajstić information content (AvgIpc) is 2.75. The molecule has 0 aromatic heterocycles. The monoisotopic (exact) mass is 269 g/mol. The van der Waals surface area contributed by atoms with Crippen molar-refractivity contribution in [3.63, 3.8) is 0 Å². The number of primary sulfonamides is 1. The summed E-state index contributed by atoms with van der Waals surface area (Å²) in [6.45, 7) is 2.97. The van der Waals surface area contributed by atoms with Crippen molar-refractivity contribution in [2.24, 2.45) is 5.14 Å². The Kier molecular flexibility index (Phi) is 3.49. The summed E-state index contributed by atoms with van der Waals surface area (Å²) in [6.07, 6.45) is 3.16. The average molecular weight is 269 g/mol. The first-order valence-corrected chi connectivity index (χ1v) is 7.67. The second kappa shape index (κ2) is 4.78. The SMILES string of the molecule is CCC1CCCN1c1ccc(N)cc1S(N)(=O)=O. The second-order valence-electron chi connectivity index (χ2n) is 4.67. The molecule has 0 radical (unpaired) electrons. The van der Waals surface area contributed by atoms with Gasteiger partial charge in [-0.25, -0.2) is 13.6 Å². The van der Waals surface area contributed by atoms with Crippen LogP contribution in [0.5, 0.6) is 0 Å². The van der Waals surface area contributed by atoms with Crippen molar-refractivity contribution in [3.05, 3.63) is 18.2 Å². The lowest BCUT2D eigenvalue weighted by molar-refractivity contribution is 0.595. The van der Waals surface area contributed by atoms with E-state index in [2.05, 4.69) is 11.8 Å². The van der Waals surface area contributed by atoms with Crippen LogP contribution in [-0.2, 0) is 10.0 Å². The molecule has 1 heterocycles. The van der Waals surface area contributed by atoms with Crippen LogP contribution in [-0.4, -0.2) is 21.0 Å². The summed E-state index contributed by atoms with van der Waals surface area (Å²) in [5, 5.41) is 5.27. The van der Waals surface area contributed by atoms with Crippen LogP contribution in [0.2, 0.25) is 0 Å². The minimum atomic E-state index is -3.75. The van der Waals surface area contributed by atoms with Crippen molar-refractivity contribution >= 4 is 21.4 Å². The number of hydrogen-bond donors (Lipinski definition) is 2. The fourth-order valence-electron chi connectivity index (χ4n) is 2.57. The zero-order valence-corrected chi connectivity index (χ0v) is 11.3. The van der Waals surface area contributed by atoms with E-state index >= 15 is 0 Å². The number of benzene rings is 1.